The van der Waals surface area contributed by atoms with Crippen LogP contribution in [0.4, 0.5) is 5.69 Å². The van der Waals surface area contributed by atoms with Gasteiger partial charge in [0, 0.05) is 6.07 Å². The van der Waals surface area contributed by atoms with Crippen LogP contribution in [0.15, 0.2) is 18.2 Å². The minimum Gasteiger partial charge on any atom is -0.298 e. The molecule has 0 aromatic heterocycles. The second kappa shape index (κ2) is 3.81. The zero-order chi connectivity index (χ0) is 11.6. The molecule has 0 unspecified atom stereocenters. The molecule has 0 aliphatic heterocycles. The third-order valence-electron chi connectivity index (χ3n) is 2.22. The van der Waals surface area contributed by atoms with Crippen molar-refractivity contribution in [3.8, 4) is 0 Å². The van der Waals surface area contributed by atoms with Crippen LogP contribution in [-0.4, -0.2) is 11.2 Å². The summed E-state index contributed by atoms with van der Waals surface area (Å²) in [5, 5.41) is 10.6. The summed E-state index contributed by atoms with van der Waals surface area (Å²) in [6.45, 7) is 5.97. The first kappa shape index (κ1) is 11.4. The molecule has 0 aliphatic carbocycles. The van der Waals surface area contributed by atoms with Gasteiger partial charge in [-0.15, -0.1) is 0 Å². The molecule has 0 amide bonds. The van der Waals surface area contributed by atoms with Crippen LogP contribution in [0, 0.1) is 10.1 Å². The SMILES string of the molecule is CC(C)(C)c1ccc([N+](=O)[O-])c(C=O)c1. The Kier molecular flexibility index (Phi) is 2.88. The molecule has 80 valence electrons. The van der Waals surface area contributed by atoms with Gasteiger partial charge in [0.1, 0.15) is 0 Å². The Morgan fingerprint density at radius 3 is 2.33 bits per heavy atom. The van der Waals surface area contributed by atoms with Gasteiger partial charge in [-0.25, -0.2) is 0 Å². The molecular weight excluding hydrogens is 194 g/mol. The van der Waals surface area contributed by atoms with Crippen LogP contribution in [0.1, 0.15) is 36.7 Å². The highest BCUT2D eigenvalue weighted by molar-refractivity contribution is 5.81. The van der Waals surface area contributed by atoms with Crippen molar-refractivity contribution in [3.63, 3.8) is 0 Å². The molecule has 0 aliphatic rings. The van der Waals surface area contributed by atoms with E-state index in [1.165, 1.54) is 6.07 Å². The molecule has 0 spiro atoms. The number of aldehydes is 1. The summed E-state index contributed by atoms with van der Waals surface area (Å²) in [6.07, 6.45) is 0.521. The van der Waals surface area contributed by atoms with Crippen LogP contribution in [0.25, 0.3) is 0 Å². The van der Waals surface area contributed by atoms with E-state index in [0.29, 0.717) is 6.29 Å². The lowest BCUT2D eigenvalue weighted by Crippen LogP contribution is -2.11. The first-order chi connectivity index (χ1) is 6.86. The largest absolute Gasteiger partial charge is 0.298 e. The van der Waals surface area contributed by atoms with E-state index in [0.717, 1.165) is 5.56 Å². The average Bonchev–Trinajstić information content (AvgIpc) is 2.15. The fourth-order valence-corrected chi connectivity index (χ4v) is 1.28. The Balaban J connectivity index is 3.31. The van der Waals surface area contributed by atoms with E-state index in [4.69, 9.17) is 0 Å². The molecule has 0 atom stereocenters. The molecule has 0 heterocycles. The number of carbonyl (C=O) groups is 1. The van der Waals surface area contributed by atoms with Crippen LogP contribution < -0.4 is 0 Å². The van der Waals surface area contributed by atoms with Gasteiger partial charge in [-0.2, -0.15) is 0 Å². The lowest BCUT2D eigenvalue weighted by Gasteiger charge is -2.18. The molecule has 0 N–H and O–H groups in total. The first-order valence-corrected chi connectivity index (χ1v) is 4.60. The highest BCUT2D eigenvalue weighted by Crippen LogP contribution is 2.26. The monoisotopic (exact) mass is 207 g/mol. The van der Waals surface area contributed by atoms with E-state index < -0.39 is 4.92 Å². The lowest BCUT2D eigenvalue weighted by molar-refractivity contribution is -0.385. The molecule has 0 saturated carbocycles. The fourth-order valence-electron chi connectivity index (χ4n) is 1.28. The van der Waals surface area contributed by atoms with Gasteiger partial charge in [-0.3, -0.25) is 14.9 Å². The molecule has 0 bridgehead atoms. The second-order valence-electron chi connectivity index (χ2n) is 4.40. The summed E-state index contributed by atoms with van der Waals surface area (Å²) in [6, 6.07) is 4.64. The molecule has 4 heteroatoms. The van der Waals surface area contributed by atoms with E-state index >= 15 is 0 Å². The van der Waals surface area contributed by atoms with E-state index in [-0.39, 0.29) is 16.7 Å². The Hall–Kier alpha value is -1.71. The maximum Gasteiger partial charge on any atom is 0.279 e. The van der Waals surface area contributed by atoms with Crippen molar-refractivity contribution in [2.24, 2.45) is 0 Å². The number of rotatable bonds is 2. The first-order valence-electron chi connectivity index (χ1n) is 4.60. The van der Waals surface area contributed by atoms with Crippen molar-refractivity contribution in [2.75, 3.05) is 0 Å². The molecule has 1 rings (SSSR count). The van der Waals surface area contributed by atoms with Crippen LogP contribution in [-0.2, 0) is 5.41 Å². The maximum atomic E-state index is 10.7. The fraction of sp³-hybridized carbons (Fsp3) is 0.364. The number of nitro groups is 1. The van der Waals surface area contributed by atoms with Gasteiger partial charge in [-0.1, -0.05) is 26.8 Å². The number of carbonyl (C=O) groups excluding carboxylic acids is 1. The van der Waals surface area contributed by atoms with Crippen molar-refractivity contribution in [1.82, 2.24) is 0 Å². The third kappa shape index (κ3) is 2.40. The minimum atomic E-state index is -0.545. The van der Waals surface area contributed by atoms with Crippen molar-refractivity contribution < 1.29 is 9.72 Å². The van der Waals surface area contributed by atoms with Gasteiger partial charge in [0.05, 0.1) is 10.5 Å². The van der Waals surface area contributed by atoms with Gasteiger partial charge >= 0.3 is 0 Å². The van der Waals surface area contributed by atoms with E-state index in [1.54, 1.807) is 12.1 Å². The normalized spacial score (nSPS) is 11.1. The number of hydrogen-bond acceptors (Lipinski definition) is 3. The minimum absolute atomic E-state index is 0.118. The zero-order valence-electron chi connectivity index (χ0n) is 8.98. The topological polar surface area (TPSA) is 60.2 Å². The number of hydrogen-bond donors (Lipinski definition) is 0. The predicted molar refractivity (Wildman–Crippen MR) is 57.2 cm³/mol. The Labute approximate surface area is 88.1 Å². The summed E-state index contributed by atoms with van der Waals surface area (Å²) < 4.78 is 0. The zero-order valence-corrected chi connectivity index (χ0v) is 8.98. The van der Waals surface area contributed by atoms with Crippen LogP contribution in [0.5, 0.6) is 0 Å². The van der Waals surface area contributed by atoms with Crippen molar-refractivity contribution in [1.29, 1.82) is 0 Å². The molecule has 0 saturated heterocycles. The number of nitro benzene ring substituents is 1. The third-order valence-corrected chi connectivity index (χ3v) is 2.22. The maximum absolute atomic E-state index is 10.7. The van der Waals surface area contributed by atoms with E-state index in [2.05, 4.69) is 0 Å². The number of nitrogens with zero attached hydrogens (tertiary/aromatic N) is 1. The number of benzene rings is 1. The summed E-state index contributed by atoms with van der Waals surface area (Å²) in [4.78, 5) is 20.7. The lowest BCUT2D eigenvalue weighted by atomic mass is 9.86. The Morgan fingerprint density at radius 1 is 1.33 bits per heavy atom. The highest BCUT2D eigenvalue weighted by atomic mass is 16.6. The van der Waals surface area contributed by atoms with Gasteiger partial charge in [-0.05, 0) is 17.0 Å². The molecule has 0 fully saturated rings. The van der Waals surface area contributed by atoms with Gasteiger partial charge in [0.25, 0.3) is 5.69 Å². The highest BCUT2D eigenvalue weighted by Gasteiger charge is 2.19. The Bertz CT molecular complexity index is 405. The van der Waals surface area contributed by atoms with Crippen molar-refractivity contribution in [2.45, 2.75) is 26.2 Å². The Morgan fingerprint density at radius 2 is 1.93 bits per heavy atom. The molecule has 15 heavy (non-hydrogen) atoms. The van der Waals surface area contributed by atoms with E-state index in [1.807, 2.05) is 20.8 Å². The smallest absolute Gasteiger partial charge is 0.279 e. The molecule has 1 aromatic carbocycles. The summed E-state index contributed by atoms with van der Waals surface area (Å²) in [7, 11) is 0. The predicted octanol–water partition coefficient (Wildman–Crippen LogP) is 2.70. The van der Waals surface area contributed by atoms with Gasteiger partial charge in [0.2, 0.25) is 0 Å². The molecule has 0 radical (unpaired) electrons. The molecule has 1 aromatic rings. The summed E-state index contributed by atoms with van der Waals surface area (Å²) in [5.41, 5.74) is 0.785. The van der Waals surface area contributed by atoms with Crippen molar-refractivity contribution in [3.05, 3.63) is 39.4 Å². The molecular formula is C11H13NO3. The summed E-state index contributed by atoms with van der Waals surface area (Å²) in [5.74, 6) is 0. The van der Waals surface area contributed by atoms with Crippen LogP contribution in [0.2, 0.25) is 0 Å². The summed E-state index contributed by atoms with van der Waals surface area (Å²) >= 11 is 0. The second-order valence-corrected chi connectivity index (χ2v) is 4.40. The van der Waals surface area contributed by atoms with E-state index in [9.17, 15) is 14.9 Å². The van der Waals surface area contributed by atoms with Crippen LogP contribution in [0.3, 0.4) is 0 Å². The quantitative estimate of drug-likeness (QED) is 0.425. The average molecular weight is 207 g/mol. The van der Waals surface area contributed by atoms with Crippen molar-refractivity contribution >= 4 is 12.0 Å². The van der Waals surface area contributed by atoms with Crippen LogP contribution >= 0.6 is 0 Å². The van der Waals surface area contributed by atoms with Gasteiger partial charge in [0.15, 0.2) is 6.29 Å². The molecule has 4 nitrogen and oxygen atoms in total. The standard InChI is InChI=1S/C11H13NO3/c1-11(2,3)9-4-5-10(12(14)15)8(6-9)7-13/h4-7H,1-3H3. The van der Waals surface area contributed by atoms with Gasteiger partial charge < -0.3 is 0 Å².